The zero-order valence-corrected chi connectivity index (χ0v) is 12.6. The summed E-state index contributed by atoms with van der Waals surface area (Å²) in [6.07, 6.45) is 0.611. The van der Waals surface area contributed by atoms with Gasteiger partial charge >= 0.3 is 0 Å². The number of imide groups is 1. The molecule has 6 heteroatoms. The first kappa shape index (κ1) is 15.2. The number of nitrogens with one attached hydrogen (secondary N) is 1. The van der Waals surface area contributed by atoms with E-state index in [4.69, 9.17) is 10.5 Å². The van der Waals surface area contributed by atoms with Crippen LogP contribution in [0, 0.1) is 0 Å². The Balaban J connectivity index is 2.34. The van der Waals surface area contributed by atoms with E-state index in [0.29, 0.717) is 17.9 Å². The number of hydrogen-bond donors (Lipinski definition) is 2. The maximum absolute atomic E-state index is 11.9. The molecular weight excluding hydrogens is 270 g/mol. The number of nitrogens with zero attached hydrogens (tertiary/aromatic N) is 1. The van der Waals surface area contributed by atoms with E-state index in [1.54, 1.807) is 23.1 Å². The SMILES string of the molecule is CCC1C(=O)NC(=O)CN1c1ccc(N)c(OC(C)C)c1. The number of amides is 2. The zero-order valence-electron chi connectivity index (χ0n) is 12.6. The van der Waals surface area contributed by atoms with Gasteiger partial charge in [0, 0.05) is 11.8 Å². The van der Waals surface area contributed by atoms with Crippen molar-refractivity contribution >= 4 is 23.2 Å². The molecule has 1 aromatic rings. The number of carbonyl (C=O) groups is 2. The highest BCUT2D eigenvalue weighted by atomic mass is 16.5. The van der Waals surface area contributed by atoms with Gasteiger partial charge in [-0.2, -0.15) is 0 Å². The van der Waals surface area contributed by atoms with Crippen LogP contribution < -0.4 is 20.7 Å². The summed E-state index contributed by atoms with van der Waals surface area (Å²) in [5.74, 6) is 0.000500. The van der Waals surface area contributed by atoms with Crippen molar-refractivity contribution in [3.8, 4) is 5.75 Å². The van der Waals surface area contributed by atoms with Crippen LogP contribution in [0.25, 0.3) is 0 Å². The van der Waals surface area contributed by atoms with Gasteiger partial charge in [-0.1, -0.05) is 6.92 Å². The molecule has 0 radical (unpaired) electrons. The molecule has 1 atom stereocenters. The van der Waals surface area contributed by atoms with E-state index in [9.17, 15) is 9.59 Å². The number of benzene rings is 1. The Labute approximate surface area is 124 Å². The summed E-state index contributed by atoms with van der Waals surface area (Å²) in [6, 6.07) is 4.95. The van der Waals surface area contributed by atoms with Crippen molar-refractivity contribution < 1.29 is 14.3 Å². The number of hydrogen-bond acceptors (Lipinski definition) is 5. The van der Waals surface area contributed by atoms with Crippen LogP contribution in [-0.4, -0.2) is 30.5 Å². The standard InChI is InChI=1S/C15H21N3O3/c1-4-12-15(20)17-14(19)8-18(12)10-5-6-11(16)13(7-10)21-9(2)3/h5-7,9,12H,4,8,16H2,1-3H3,(H,17,19,20). The van der Waals surface area contributed by atoms with E-state index in [1.165, 1.54) is 0 Å². The zero-order chi connectivity index (χ0) is 15.6. The van der Waals surface area contributed by atoms with Crippen molar-refractivity contribution in [3.63, 3.8) is 0 Å². The van der Waals surface area contributed by atoms with Crippen molar-refractivity contribution in [1.82, 2.24) is 5.32 Å². The Morgan fingerprint density at radius 2 is 2.14 bits per heavy atom. The van der Waals surface area contributed by atoms with E-state index < -0.39 is 0 Å². The highest BCUT2D eigenvalue weighted by Crippen LogP contribution is 2.30. The Kier molecular flexibility index (Phi) is 4.35. The second kappa shape index (κ2) is 6.03. The third kappa shape index (κ3) is 3.26. The lowest BCUT2D eigenvalue weighted by molar-refractivity contribution is -0.132. The molecular formula is C15H21N3O3. The fraction of sp³-hybridized carbons (Fsp3) is 0.467. The highest BCUT2D eigenvalue weighted by Gasteiger charge is 2.32. The third-order valence-corrected chi connectivity index (χ3v) is 3.33. The summed E-state index contributed by atoms with van der Waals surface area (Å²) >= 11 is 0. The monoisotopic (exact) mass is 291 g/mol. The van der Waals surface area contributed by atoms with Gasteiger partial charge in [-0.3, -0.25) is 14.9 Å². The molecule has 1 aliphatic rings. The molecule has 21 heavy (non-hydrogen) atoms. The summed E-state index contributed by atoms with van der Waals surface area (Å²) in [5, 5.41) is 2.36. The Morgan fingerprint density at radius 1 is 1.43 bits per heavy atom. The molecule has 6 nitrogen and oxygen atoms in total. The fourth-order valence-electron chi connectivity index (χ4n) is 2.40. The van der Waals surface area contributed by atoms with Crippen molar-refractivity contribution in [1.29, 1.82) is 0 Å². The molecule has 114 valence electrons. The van der Waals surface area contributed by atoms with E-state index in [2.05, 4.69) is 5.32 Å². The van der Waals surface area contributed by atoms with Crippen molar-refractivity contribution in [3.05, 3.63) is 18.2 Å². The van der Waals surface area contributed by atoms with Gasteiger partial charge in [0.1, 0.15) is 11.8 Å². The average Bonchev–Trinajstić information content (AvgIpc) is 2.40. The summed E-state index contributed by atoms with van der Waals surface area (Å²) < 4.78 is 5.66. The van der Waals surface area contributed by atoms with Gasteiger partial charge in [-0.15, -0.1) is 0 Å². The van der Waals surface area contributed by atoms with Gasteiger partial charge in [0.25, 0.3) is 0 Å². The van der Waals surface area contributed by atoms with Gasteiger partial charge in [0.05, 0.1) is 18.3 Å². The predicted octanol–water partition coefficient (Wildman–Crippen LogP) is 1.30. The third-order valence-electron chi connectivity index (χ3n) is 3.33. The molecule has 1 aliphatic heterocycles. The second-order valence-corrected chi connectivity index (χ2v) is 5.35. The summed E-state index contributed by atoms with van der Waals surface area (Å²) in [5.41, 5.74) is 7.19. The molecule has 0 saturated carbocycles. The molecule has 1 heterocycles. The lowest BCUT2D eigenvalue weighted by Gasteiger charge is -2.35. The normalized spacial score (nSPS) is 18.9. The summed E-state index contributed by atoms with van der Waals surface area (Å²) in [4.78, 5) is 25.3. The summed E-state index contributed by atoms with van der Waals surface area (Å²) in [7, 11) is 0. The molecule has 1 aromatic carbocycles. The molecule has 2 rings (SSSR count). The maximum Gasteiger partial charge on any atom is 0.249 e. The van der Waals surface area contributed by atoms with Crippen LogP contribution >= 0.6 is 0 Å². The van der Waals surface area contributed by atoms with Crippen LogP contribution in [0.4, 0.5) is 11.4 Å². The molecule has 0 bridgehead atoms. The average molecular weight is 291 g/mol. The van der Waals surface area contributed by atoms with Gasteiger partial charge < -0.3 is 15.4 Å². The first-order valence-electron chi connectivity index (χ1n) is 7.09. The van der Waals surface area contributed by atoms with Gasteiger partial charge in [0.15, 0.2) is 0 Å². The lowest BCUT2D eigenvalue weighted by atomic mass is 10.1. The molecule has 2 amide bonds. The molecule has 0 spiro atoms. The van der Waals surface area contributed by atoms with Crippen LogP contribution in [0.1, 0.15) is 27.2 Å². The second-order valence-electron chi connectivity index (χ2n) is 5.35. The number of carbonyl (C=O) groups excluding carboxylic acids is 2. The van der Waals surface area contributed by atoms with Crippen LogP contribution in [0.15, 0.2) is 18.2 Å². The van der Waals surface area contributed by atoms with Crippen LogP contribution in [0.2, 0.25) is 0 Å². The van der Waals surface area contributed by atoms with E-state index >= 15 is 0 Å². The van der Waals surface area contributed by atoms with E-state index in [1.807, 2.05) is 20.8 Å². The van der Waals surface area contributed by atoms with Crippen molar-refractivity contribution in [2.45, 2.75) is 39.3 Å². The van der Waals surface area contributed by atoms with Crippen LogP contribution in [0.5, 0.6) is 5.75 Å². The minimum Gasteiger partial charge on any atom is -0.489 e. The van der Waals surface area contributed by atoms with Gasteiger partial charge in [-0.25, -0.2) is 0 Å². The van der Waals surface area contributed by atoms with E-state index in [-0.39, 0.29) is 30.5 Å². The number of anilines is 2. The Bertz CT molecular complexity index is 557. The van der Waals surface area contributed by atoms with Gasteiger partial charge in [0.2, 0.25) is 11.8 Å². The smallest absolute Gasteiger partial charge is 0.249 e. The Hall–Kier alpha value is -2.24. The molecule has 0 aromatic heterocycles. The molecule has 1 unspecified atom stereocenters. The summed E-state index contributed by atoms with van der Waals surface area (Å²) in [6.45, 7) is 5.89. The van der Waals surface area contributed by atoms with Crippen LogP contribution in [0.3, 0.4) is 0 Å². The van der Waals surface area contributed by atoms with Crippen LogP contribution in [-0.2, 0) is 9.59 Å². The highest BCUT2D eigenvalue weighted by molar-refractivity contribution is 6.04. The number of nitrogens with two attached hydrogens (primary N) is 1. The van der Waals surface area contributed by atoms with Crippen molar-refractivity contribution in [2.24, 2.45) is 0 Å². The molecule has 1 saturated heterocycles. The molecule has 1 fully saturated rings. The number of nitrogen functional groups attached to an aromatic ring is 1. The maximum atomic E-state index is 11.9. The predicted molar refractivity (Wildman–Crippen MR) is 81.2 cm³/mol. The first-order valence-corrected chi connectivity index (χ1v) is 7.09. The molecule has 0 aliphatic carbocycles. The minimum atomic E-state index is -0.363. The lowest BCUT2D eigenvalue weighted by Crippen LogP contribution is -2.58. The van der Waals surface area contributed by atoms with Gasteiger partial charge in [-0.05, 0) is 32.4 Å². The van der Waals surface area contributed by atoms with Crippen molar-refractivity contribution in [2.75, 3.05) is 17.2 Å². The van der Waals surface area contributed by atoms with E-state index in [0.717, 1.165) is 5.69 Å². The first-order chi connectivity index (χ1) is 9.92. The molecule has 3 N–H and O–H groups in total. The topological polar surface area (TPSA) is 84.7 Å². The quantitative estimate of drug-likeness (QED) is 0.645. The largest absolute Gasteiger partial charge is 0.489 e. The number of rotatable bonds is 4. The minimum absolute atomic E-state index is 0.00388. The number of piperazine rings is 1. The number of ether oxygens (including phenoxy) is 1. The Morgan fingerprint density at radius 3 is 2.76 bits per heavy atom. The fourth-order valence-corrected chi connectivity index (χ4v) is 2.40.